The molecule has 0 saturated carbocycles. The summed E-state index contributed by atoms with van der Waals surface area (Å²) in [6, 6.07) is 33.8. The SMILES string of the molecule is CC(C)c1ccc2c(Nc3cc(C(=O)N4CCN(C(=O)c5ccc(Sc6ccc(NC(=O)OC(C)(C)C)cc6)c(Nc6ncnc7nc(C(C)C)ccc67)c5)CC4)ccc3Sc3ccc(NC(=O)OC(C)(C)C)cc3)ncnc2n1. The number of nitrogens with one attached hydrogen (secondary N) is 4. The van der Waals surface area contributed by atoms with Gasteiger partial charge >= 0.3 is 12.2 Å². The number of benzene rings is 4. The number of carbonyl (C=O) groups excluding carboxylic acids is 4. The summed E-state index contributed by atoms with van der Waals surface area (Å²) in [7, 11) is 0. The van der Waals surface area contributed by atoms with Crippen LogP contribution >= 0.6 is 23.5 Å². The maximum atomic E-state index is 14.5. The van der Waals surface area contributed by atoms with Gasteiger partial charge in [0.1, 0.15) is 35.5 Å². The van der Waals surface area contributed by atoms with Crippen molar-refractivity contribution in [1.29, 1.82) is 0 Å². The number of amides is 4. The Morgan fingerprint density at radius 2 is 0.875 bits per heavy atom. The van der Waals surface area contributed by atoms with Crippen LogP contribution in [0.5, 0.6) is 0 Å². The number of ether oxygens (including phenoxy) is 2. The topological polar surface area (TPSA) is 219 Å². The molecular formula is C60H64N12O6S2. The Hall–Kier alpha value is -8.36. The molecule has 4 aromatic carbocycles. The Kier molecular flexibility index (Phi) is 16.9. The van der Waals surface area contributed by atoms with E-state index in [1.54, 1.807) is 34.1 Å². The number of aromatic nitrogens is 6. The molecule has 0 spiro atoms. The van der Waals surface area contributed by atoms with Gasteiger partial charge in [-0.3, -0.25) is 20.2 Å². The average Bonchev–Trinajstić information content (AvgIpc) is 3.41. The van der Waals surface area contributed by atoms with Crippen molar-refractivity contribution in [2.75, 3.05) is 47.4 Å². The van der Waals surface area contributed by atoms with Crippen molar-refractivity contribution >= 4 is 104 Å². The highest BCUT2D eigenvalue weighted by Gasteiger charge is 2.28. The first-order valence-electron chi connectivity index (χ1n) is 26.3. The average molecular weight is 1110 g/mol. The van der Waals surface area contributed by atoms with Crippen LogP contribution in [0.1, 0.15) is 113 Å². The number of piperazine rings is 1. The van der Waals surface area contributed by atoms with Gasteiger partial charge in [0.05, 0.1) is 22.1 Å². The molecular weight excluding hydrogens is 1050 g/mol. The highest BCUT2D eigenvalue weighted by Crippen LogP contribution is 2.39. The maximum Gasteiger partial charge on any atom is 0.412 e. The number of hydrogen-bond acceptors (Lipinski definition) is 16. The van der Waals surface area contributed by atoms with Gasteiger partial charge in [-0.05, 0) is 163 Å². The largest absolute Gasteiger partial charge is 0.444 e. The van der Waals surface area contributed by atoms with E-state index in [-0.39, 0.29) is 23.7 Å². The Bertz CT molecular complexity index is 3360. The van der Waals surface area contributed by atoms with Crippen molar-refractivity contribution in [2.24, 2.45) is 0 Å². The maximum absolute atomic E-state index is 14.5. The van der Waals surface area contributed by atoms with Gasteiger partial charge in [0, 0.05) is 79.7 Å². The van der Waals surface area contributed by atoms with E-state index in [1.165, 1.54) is 36.2 Å². The molecule has 1 aliphatic rings. The quantitative estimate of drug-likeness (QED) is 0.0796. The highest BCUT2D eigenvalue weighted by molar-refractivity contribution is 7.99. The van der Waals surface area contributed by atoms with Gasteiger partial charge in [-0.2, -0.15) is 0 Å². The summed E-state index contributed by atoms with van der Waals surface area (Å²) in [6.07, 6.45) is 1.86. The molecule has 20 heteroatoms. The molecule has 18 nitrogen and oxygen atoms in total. The number of pyridine rings is 2. The second-order valence-electron chi connectivity index (χ2n) is 21.7. The normalized spacial score (nSPS) is 12.9. The van der Waals surface area contributed by atoms with Gasteiger partial charge in [0.15, 0.2) is 11.3 Å². The fourth-order valence-electron chi connectivity index (χ4n) is 8.50. The van der Waals surface area contributed by atoms with E-state index in [0.29, 0.717) is 83.0 Å². The fraction of sp³-hybridized carbons (Fsp3) is 0.300. The van der Waals surface area contributed by atoms with E-state index in [1.807, 2.05) is 126 Å². The molecule has 8 aromatic rings. The minimum Gasteiger partial charge on any atom is -0.444 e. The number of nitrogens with zero attached hydrogens (tertiary/aromatic N) is 8. The standard InChI is InChI=1S/C60H64N12O6S2/c1-35(2)45-23-21-43-51(67-45)61-33-63-53(43)69-47-31-37(11-25-49(47)79-41-17-13-39(14-18-41)65-57(75)77-59(5,6)7)55(73)71-27-29-72(30-28-71)56(74)38-12-26-50(80-42-19-15-40(16-20-42)66-58(76)78-60(8,9)10)48(32-38)70-54-44-22-24-46(36(3)4)68-52(44)62-34-64-54/h11-26,31-36H,27-30H2,1-10H3,(H,65,75)(H,66,76)(H,61,63,67,69)(H,62,64,68,70). The third kappa shape index (κ3) is 14.3. The van der Waals surface area contributed by atoms with Crippen LogP contribution in [0.2, 0.25) is 0 Å². The molecule has 9 rings (SSSR count). The first kappa shape index (κ1) is 56.4. The number of fused-ring (bicyclic) bond motifs is 2. The van der Waals surface area contributed by atoms with Crippen LogP contribution in [0, 0.1) is 0 Å². The molecule has 4 amide bonds. The summed E-state index contributed by atoms with van der Waals surface area (Å²) >= 11 is 2.96. The van der Waals surface area contributed by atoms with Crippen molar-refractivity contribution in [2.45, 2.75) is 112 Å². The van der Waals surface area contributed by atoms with Gasteiger partial charge < -0.3 is 29.9 Å². The van der Waals surface area contributed by atoms with Gasteiger partial charge in [-0.25, -0.2) is 39.5 Å². The minimum absolute atomic E-state index is 0.182. The Labute approximate surface area is 473 Å². The van der Waals surface area contributed by atoms with Crippen molar-refractivity contribution in [3.8, 4) is 0 Å². The summed E-state index contributed by atoms with van der Waals surface area (Å²) < 4.78 is 10.9. The lowest BCUT2D eigenvalue weighted by molar-refractivity contribution is 0.0535. The van der Waals surface area contributed by atoms with Crippen molar-refractivity contribution in [1.82, 2.24) is 39.7 Å². The lowest BCUT2D eigenvalue weighted by Crippen LogP contribution is -2.50. The molecule has 0 aliphatic carbocycles. The Morgan fingerprint density at radius 3 is 1.23 bits per heavy atom. The summed E-state index contributed by atoms with van der Waals surface area (Å²) in [5, 5.41) is 14.0. The molecule has 0 atom stereocenters. The number of rotatable bonds is 14. The zero-order valence-electron chi connectivity index (χ0n) is 46.4. The molecule has 0 bridgehead atoms. The minimum atomic E-state index is -0.638. The number of anilines is 6. The van der Waals surface area contributed by atoms with Crippen molar-refractivity contribution in [3.63, 3.8) is 0 Å². The first-order chi connectivity index (χ1) is 38.1. The van der Waals surface area contributed by atoms with E-state index >= 15 is 0 Å². The summed E-state index contributed by atoms with van der Waals surface area (Å²) in [5.41, 5.74) is 5.01. The lowest BCUT2D eigenvalue weighted by Gasteiger charge is -2.35. The molecule has 4 aromatic heterocycles. The van der Waals surface area contributed by atoms with E-state index in [2.05, 4.69) is 68.9 Å². The summed E-state index contributed by atoms with van der Waals surface area (Å²) in [5.74, 6) is 1.11. The smallest absolute Gasteiger partial charge is 0.412 e. The van der Waals surface area contributed by atoms with E-state index in [4.69, 9.17) is 19.4 Å². The van der Waals surface area contributed by atoms with Gasteiger partial charge in [0.25, 0.3) is 11.8 Å². The molecule has 4 N–H and O–H groups in total. The molecule has 0 radical (unpaired) electrons. The molecule has 1 aliphatic heterocycles. The van der Waals surface area contributed by atoms with Gasteiger partial charge in [-0.15, -0.1) is 0 Å². The number of hydrogen-bond donors (Lipinski definition) is 4. The van der Waals surface area contributed by atoms with Gasteiger partial charge in [-0.1, -0.05) is 51.2 Å². The van der Waals surface area contributed by atoms with Crippen LogP contribution < -0.4 is 21.3 Å². The molecule has 412 valence electrons. The van der Waals surface area contributed by atoms with Crippen molar-refractivity contribution in [3.05, 3.63) is 144 Å². The third-order valence-electron chi connectivity index (χ3n) is 12.5. The Balaban J connectivity index is 0.936. The summed E-state index contributed by atoms with van der Waals surface area (Å²) in [6.45, 7) is 20.4. The molecule has 1 saturated heterocycles. The van der Waals surface area contributed by atoms with Crippen molar-refractivity contribution < 1.29 is 28.7 Å². The van der Waals surface area contributed by atoms with Gasteiger partial charge in [0.2, 0.25) is 0 Å². The first-order valence-corrected chi connectivity index (χ1v) is 27.9. The van der Waals surface area contributed by atoms with Crippen LogP contribution in [-0.2, 0) is 9.47 Å². The monoisotopic (exact) mass is 1110 g/mol. The van der Waals surface area contributed by atoms with E-state index in [9.17, 15) is 19.2 Å². The second kappa shape index (κ2) is 23.9. The molecule has 1 fully saturated rings. The fourth-order valence-corrected chi connectivity index (χ4v) is 10.3. The lowest BCUT2D eigenvalue weighted by atomic mass is 10.1. The Morgan fingerprint density at radius 1 is 0.500 bits per heavy atom. The van der Waals surface area contributed by atoms with Crippen LogP contribution in [0.15, 0.2) is 141 Å². The highest BCUT2D eigenvalue weighted by atomic mass is 32.2. The van der Waals surface area contributed by atoms with E-state index < -0.39 is 23.4 Å². The number of carbonyl (C=O) groups is 4. The third-order valence-corrected chi connectivity index (χ3v) is 14.7. The summed E-state index contributed by atoms with van der Waals surface area (Å²) in [4.78, 5) is 88.5. The van der Waals surface area contributed by atoms with Crippen LogP contribution in [-0.4, -0.2) is 101 Å². The van der Waals surface area contributed by atoms with Crippen LogP contribution in [0.3, 0.4) is 0 Å². The zero-order valence-corrected chi connectivity index (χ0v) is 48.0. The van der Waals surface area contributed by atoms with E-state index in [0.717, 1.165) is 41.7 Å². The zero-order chi connectivity index (χ0) is 56.9. The second-order valence-corrected chi connectivity index (χ2v) is 24.0. The molecule has 0 unspecified atom stereocenters. The predicted octanol–water partition coefficient (Wildman–Crippen LogP) is 13.7. The molecule has 5 heterocycles. The van der Waals surface area contributed by atoms with Crippen LogP contribution in [0.4, 0.5) is 44.0 Å². The predicted molar refractivity (Wildman–Crippen MR) is 315 cm³/mol. The van der Waals surface area contributed by atoms with Crippen LogP contribution in [0.25, 0.3) is 22.1 Å². The molecule has 80 heavy (non-hydrogen) atoms.